The zero-order valence-electron chi connectivity index (χ0n) is 19.4. The lowest BCUT2D eigenvalue weighted by Gasteiger charge is -2.35. The van der Waals surface area contributed by atoms with Crippen molar-refractivity contribution in [2.45, 2.75) is 39.2 Å². The monoisotopic (exact) mass is 431 g/mol. The highest BCUT2D eigenvalue weighted by Crippen LogP contribution is 2.34. The number of carboxylic acids is 1. The first-order valence-electron chi connectivity index (χ1n) is 11.1. The molecule has 2 aromatic rings. The lowest BCUT2D eigenvalue weighted by atomic mass is 9.87. The number of aliphatic carboxylic acids is 1. The van der Waals surface area contributed by atoms with Gasteiger partial charge >= 0.3 is 5.97 Å². The minimum atomic E-state index is -0.985. The number of aliphatic imine (C=N–C) groups is 1. The summed E-state index contributed by atoms with van der Waals surface area (Å²) in [4.78, 5) is 17.5. The van der Waals surface area contributed by atoms with Gasteiger partial charge in [0, 0.05) is 25.0 Å². The van der Waals surface area contributed by atoms with Crippen LogP contribution in [0.1, 0.15) is 49.4 Å². The maximum absolute atomic E-state index is 11.6. The zero-order valence-corrected chi connectivity index (χ0v) is 19.4. The number of rotatable bonds is 8. The first-order chi connectivity index (χ1) is 15.3. The van der Waals surface area contributed by atoms with E-state index in [1.54, 1.807) is 6.92 Å². The third-order valence-corrected chi connectivity index (χ3v) is 6.20. The predicted molar refractivity (Wildman–Crippen MR) is 132 cm³/mol. The van der Waals surface area contributed by atoms with Gasteiger partial charge < -0.3 is 10.4 Å². The van der Waals surface area contributed by atoms with Gasteiger partial charge in [0.25, 0.3) is 0 Å². The smallest absolute Gasteiger partial charge is 0.337 e. The van der Waals surface area contributed by atoms with Crippen LogP contribution in [0.2, 0.25) is 0 Å². The molecule has 0 aromatic heterocycles. The SMILES string of the molecule is C=N/C=C\C(C(=O)O)=C(/C)NC[C@@H]1c2ccc(-c3ccccc3C(C)C)cc2CCN1C. The molecule has 0 spiro atoms. The van der Waals surface area contributed by atoms with Crippen LogP contribution in [0.4, 0.5) is 0 Å². The van der Waals surface area contributed by atoms with Gasteiger partial charge in [0.1, 0.15) is 0 Å². The van der Waals surface area contributed by atoms with Crippen LogP contribution in [0.25, 0.3) is 11.1 Å². The Hall–Kier alpha value is -3.18. The predicted octanol–water partition coefficient (Wildman–Crippen LogP) is 5.17. The lowest BCUT2D eigenvalue weighted by molar-refractivity contribution is -0.132. The molecular weight excluding hydrogens is 398 g/mol. The van der Waals surface area contributed by atoms with Gasteiger partial charge in [-0.05, 0) is 66.9 Å². The van der Waals surface area contributed by atoms with Crippen LogP contribution in [0.3, 0.4) is 0 Å². The van der Waals surface area contributed by atoms with Crippen molar-refractivity contribution >= 4 is 12.7 Å². The lowest BCUT2D eigenvalue weighted by Crippen LogP contribution is -2.38. The van der Waals surface area contributed by atoms with Crippen LogP contribution in [0.15, 0.2) is 71.0 Å². The Balaban J connectivity index is 1.89. The highest BCUT2D eigenvalue weighted by atomic mass is 16.4. The highest BCUT2D eigenvalue weighted by molar-refractivity contribution is 5.90. The van der Waals surface area contributed by atoms with Crippen LogP contribution in [0.5, 0.6) is 0 Å². The fourth-order valence-corrected chi connectivity index (χ4v) is 4.36. The van der Waals surface area contributed by atoms with Crippen molar-refractivity contribution in [3.63, 3.8) is 0 Å². The average molecular weight is 432 g/mol. The van der Waals surface area contributed by atoms with Crippen LogP contribution in [-0.4, -0.2) is 42.8 Å². The van der Waals surface area contributed by atoms with Crippen molar-refractivity contribution in [3.8, 4) is 11.1 Å². The number of carboxylic acid groups (broad SMARTS) is 1. The Morgan fingerprint density at radius 1 is 1.31 bits per heavy atom. The van der Waals surface area contributed by atoms with Crippen LogP contribution in [0, 0.1) is 0 Å². The van der Waals surface area contributed by atoms with E-state index in [0.717, 1.165) is 13.0 Å². The molecule has 1 aliphatic heterocycles. The molecule has 2 aromatic carbocycles. The molecule has 3 rings (SSSR count). The van der Waals surface area contributed by atoms with E-state index in [9.17, 15) is 9.90 Å². The molecule has 0 fully saturated rings. The van der Waals surface area contributed by atoms with Crippen molar-refractivity contribution in [1.82, 2.24) is 10.2 Å². The Bertz CT molecular complexity index is 1050. The summed E-state index contributed by atoms with van der Waals surface area (Å²) in [6.45, 7) is 11.2. The van der Waals surface area contributed by atoms with E-state index < -0.39 is 5.97 Å². The molecular formula is C27H33N3O2. The third-order valence-electron chi connectivity index (χ3n) is 6.20. The van der Waals surface area contributed by atoms with Gasteiger partial charge in [-0.2, -0.15) is 0 Å². The molecule has 0 radical (unpaired) electrons. The van der Waals surface area contributed by atoms with Crippen molar-refractivity contribution in [1.29, 1.82) is 0 Å². The first-order valence-corrected chi connectivity index (χ1v) is 11.1. The summed E-state index contributed by atoms with van der Waals surface area (Å²) in [5, 5.41) is 12.8. The van der Waals surface area contributed by atoms with Crippen molar-refractivity contribution in [2.24, 2.45) is 4.99 Å². The number of fused-ring (bicyclic) bond motifs is 1. The Morgan fingerprint density at radius 3 is 2.75 bits per heavy atom. The summed E-state index contributed by atoms with van der Waals surface area (Å²) in [5.41, 5.74) is 7.38. The van der Waals surface area contributed by atoms with Crippen LogP contribution in [-0.2, 0) is 11.2 Å². The van der Waals surface area contributed by atoms with Gasteiger partial charge in [-0.25, -0.2) is 4.79 Å². The minimum absolute atomic E-state index is 0.166. The number of hydrogen-bond acceptors (Lipinski definition) is 4. The Morgan fingerprint density at radius 2 is 2.06 bits per heavy atom. The quantitative estimate of drug-likeness (QED) is 0.344. The Kier molecular flexibility index (Phi) is 7.65. The van der Waals surface area contributed by atoms with E-state index in [4.69, 9.17) is 0 Å². The molecule has 0 saturated heterocycles. The zero-order chi connectivity index (χ0) is 23.3. The second-order valence-corrected chi connectivity index (χ2v) is 8.62. The largest absolute Gasteiger partial charge is 0.478 e. The molecule has 1 heterocycles. The fraction of sp³-hybridized carbons (Fsp3) is 0.333. The second-order valence-electron chi connectivity index (χ2n) is 8.62. The van der Waals surface area contributed by atoms with Crippen molar-refractivity contribution in [3.05, 3.63) is 82.7 Å². The normalized spacial score (nSPS) is 17.2. The van der Waals surface area contributed by atoms with E-state index in [0.29, 0.717) is 18.2 Å². The number of nitrogens with zero attached hydrogens (tertiary/aromatic N) is 2. The number of hydrogen-bond donors (Lipinski definition) is 2. The van der Waals surface area contributed by atoms with E-state index >= 15 is 0 Å². The summed E-state index contributed by atoms with van der Waals surface area (Å²) in [6.07, 6.45) is 3.87. The maximum atomic E-state index is 11.6. The average Bonchev–Trinajstić information content (AvgIpc) is 2.78. The summed E-state index contributed by atoms with van der Waals surface area (Å²) < 4.78 is 0. The third kappa shape index (κ3) is 5.17. The molecule has 2 N–H and O–H groups in total. The molecule has 32 heavy (non-hydrogen) atoms. The van der Waals surface area contributed by atoms with Crippen molar-refractivity contribution in [2.75, 3.05) is 20.1 Å². The fourth-order valence-electron chi connectivity index (χ4n) is 4.36. The first kappa shape index (κ1) is 23.5. The van der Waals surface area contributed by atoms with E-state index in [1.807, 2.05) is 0 Å². The molecule has 5 nitrogen and oxygen atoms in total. The van der Waals surface area contributed by atoms with E-state index in [2.05, 4.69) is 85.3 Å². The van der Waals surface area contributed by atoms with Gasteiger partial charge in [-0.3, -0.25) is 9.89 Å². The molecule has 0 aliphatic carbocycles. The van der Waals surface area contributed by atoms with E-state index in [1.165, 1.54) is 40.1 Å². The molecule has 5 heteroatoms. The van der Waals surface area contributed by atoms with E-state index in [-0.39, 0.29) is 11.6 Å². The minimum Gasteiger partial charge on any atom is -0.478 e. The molecule has 0 amide bonds. The van der Waals surface area contributed by atoms with Gasteiger partial charge in [-0.1, -0.05) is 56.3 Å². The van der Waals surface area contributed by atoms with Crippen LogP contribution >= 0.6 is 0 Å². The summed E-state index contributed by atoms with van der Waals surface area (Å²) in [5.74, 6) is -0.519. The van der Waals surface area contributed by atoms with Gasteiger partial charge in [-0.15, -0.1) is 0 Å². The van der Waals surface area contributed by atoms with Gasteiger partial charge in [0.15, 0.2) is 0 Å². The highest BCUT2D eigenvalue weighted by Gasteiger charge is 2.25. The number of likely N-dealkylation sites (N-methyl/N-ethyl adjacent to an activating group) is 1. The van der Waals surface area contributed by atoms with Crippen LogP contribution < -0.4 is 5.32 Å². The van der Waals surface area contributed by atoms with Gasteiger partial charge in [0.05, 0.1) is 11.6 Å². The number of allylic oxidation sites excluding steroid dienone is 1. The molecule has 0 saturated carbocycles. The number of nitrogens with one attached hydrogen (secondary N) is 1. The molecule has 1 atom stereocenters. The molecule has 0 unspecified atom stereocenters. The molecule has 168 valence electrons. The number of benzene rings is 2. The molecule has 1 aliphatic rings. The summed E-state index contributed by atoms with van der Waals surface area (Å²) >= 11 is 0. The topological polar surface area (TPSA) is 64.9 Å². The summed E-state index contributed by atoms with van der Waals surface area (Å²) in [7, 11) is 2.12. The van der Waals surface area contributed by atoms with Crippen molar-refractivity contribution < 1.29 is 9.90 Å². The second kappa shape index (κ2) is 10.4. The van der Waals surface area contributed by atoms with Gasteiger partial charge in [0.2, 0.25) is 0 Å². The Labute approximate surface area is 191 Å². The number of carbonyl (C=O) groups is 1. The maximum Gasteiger partial charge on any atom is 0.337 e. The summed E-state index contributed by atoms with van der Waals surface area (Å²) in [6, 6.07) is 15.6. The molecule has 0 bridgehead atoms. The standard InChI is InChI=1S/C27H33N3O2/c1-18(2)22-8-6-7-9-24(22)20-10-11-25-21(16-20)13-15-30(5)26(25)17-29-19(3)23(27(31)32)12-14-28-4/h6-12,14,16,18,26,29H,4,13,15,17H2,1-3,5H3,(H,31,32)/b14-12-,23-19-/t26-/m1/s1.